The van der Waals surface area contributed by atoms with Crippen molar-refractivity contribution < 1.29 is 0 Å². The highest BCUT2D eigenvalue weighted by Gasteiger charge is 2.16. The number of hydrogen-bond donors (Lipinski definition) is 1. The molecule has 0 saturated heterocycles. The van der Waals surface area contributed by atoms with Gasteiger partial charge in [0.25, 0.3) is 0 Å². The van der Waals surface area contributed by atoms with E-state index in [0.29, 0.717) is 0 Å². The first kappa shape index (κ1) is 8.21. The molecule has 2 heteroatoms. The number of aryl methyl sites for hydroxylation is 1. The van der Waals surface area contributed by atoms with Crippen LogP contribution in [0.2, 0.25) is 0 Å². The molecule has 0 saturated carbocycles. The second kappa shape index (κ2) is 2.62. The van der Waals surface area contributed by atoms with Gasteiger partial charge in [-0.15, -0.1) is 0 Å². The number of aromatic nitrogens is 1. The van der Waals surface area contributed by atoms with E-state index in [1.807, 2.05) is 32.9 Å². The molecule has 0 unspecified atom stereocenters. The maximum atomic E-state index is 5.90. The van der Waals surface area contributed by atoms with E-state index in [2.05, 4.69) is 4.98 Å². The molecule has 0 radical (unpaired) electrons. The first-order chi connectivity index (χ1) is 5.02. The fourth-order valence-electron chi connectivity index (χ4n) is 1.16. The molecule has 0 aromatic carbocycles. The Labute approximate surface area is 67.5 Å². The Morgan fingerprint density at radius 3 is 2.45 bits per heavy atom. The molecular weight excluding hydrogens is 136 g/mol. The van der Waals surface area contributed by atoms with Crippen molar-refractivity contribution in [3.63, 3.8) is 0 Å². The van der Waals surface area contributed by atoms with Gasteiger partial charge >= 0.3 is 0 Å². The van der Waals surface area contributed by atoms with Gasteiger partial charge in [-0.25, -0.2) is 0 Å². The van der Waals surface area contributed by atoms with Crippen LogP contribution in [0.5, 0.6) is 0 Å². The van der Waals surface area contributed by atoms with Crippen LogP contribution < -0.4 is 5.73 Å². The normalized spacial score (nSPS) is 11.6. The molecule has 60 valence electrons. The van der Waals surface area contributed by atoms with E-state index in [0.717, 1.165) is 11.3 Å². The smallest absolute Gasteiger partial charge is 0.0625 e. The number of nitrogens with zero attached hydrogens (tertiary/aromatic N) is 1. The minimum Gasteiger partial charge on any atom is -0.321 e. The zero-order chi connectivity index (χ0) is 8.48. The Hall–Kier alpha value is -0.890. The summed E-state index contributed by atoms with van der Waals surface area (Å²) >= 11 is 0. The predicted molar refractivity (Wildman–Crippen MR) is 46.2 cm³/mol. The molecule has 2 N–H and O–H groups in total. The molecule has 1 aromatic rings. The highest BCUT2D eigenvalue weighted by molar-refractivity contribution is 5.23. The van der Waals surface area contributed by atoms with E-state index < -0.39 is 0 Å². The maximum Gasteiger partial charge on any atom is 0.0625 e. The molecule has 1 aromatic heterocycles. The largest absolute Gasteiger partial charge is 0.321 e. The van der Waals surface area contributed by atoms with Crippen LogP contribution in [0.4, 0.5) is 0 Å². The van der Waals surface area contributed by atoms with Gasteiger partial charge in [-0.3, -0.25) is 4.98 Å². The van der Waals surface area contributed by atoms with Crippen LogP contribution in [0.15, 0.2) is 18.3 Å². The third-order valence-electron chi connectivity index (χ3n) is 1.62. The van der Waals surface area contributed by atoms with Crippen molar-refractivity contribution in [1.82, 2.24) is 4.98 Å². The molecule has 1 heterocycles. The predicted octanol–water partition coefficient (Wildman–Crippen LogP) is 1.58. The molecule has 0 aliphatic carbocycles. The molecular formula is C9H14N2. The molecule has 0 spiro atoms. The summed E-state index contributed by atoms with van der Waals surface area (Å²) in [6.45, 7) is 5.95. The van der Waals surface area contributed by atoms with Gasteiger partial charge in [0.1, 0.15) is 0 Å². The fourth-order valence-corrected chi connectivity index (χ4v) is 1.16. The number of rotatable bonds is 1. The molecule has 0 atom stereocenters. The van der Waals surface area contributed by atoms with E-state index in [1.165, 1.54) is 0 Å². The van der Waals surface area contributed by atoms with Crippen LogP contribution in [0.3, 0.4) is 0 Å². The van der Waals surface area contributed by atoms with E-state index >= 15 is 0 Å². The van der Waals surface area contributed by atoms with Gasteiger partial charge in [0.2, 0.25) is 0 Å². The van der Waals surface area contributed by atoms with Crippen LogP contribution in [0, 0.1) is 6.92 Å². The first-order valence-corrected chi connectivity index (χ1v) is 3.73. The molecule has 0 aliphatic heterocycles. The molecule has 0 bridgehead atoms. The van der Waals surface area contributed by atoms with Gasteiger partial charge in [-0.2, -0.15) is 0 Å². The summed E-state index contributed by atoms with van der Waals surface area (Å²) in [4.78, 5) is 4.22. The minimum atomic E-state index is -0.328. The van der Waals surface area contributed by atoms with Crippen LogP contribution in [-0.4, -0.2) is 4.98 Å². The molecule has 0 aliphatic rings. The van der Waals surface area contributed by atoms with Gasteiger partial charge in [0.05, 0.1) is 11.2 Å². The highest BCUT2D eigenvalue weighted by atomic mass is 14.8. The van der Waals surface area contributed by atoms with Gasteiger partial charge < -0.3 is 5.73 Å². The number of hydrogen-bond acceptors (Lipinski definition) is 2. The monoisotopic (exact) mass is 150 g/mol. The molecule has 0 amide bonds. The van der Waals surface area contributed by atoms with E-state index in [9.17, 15) is 0 Å². The number of pyridine rings is 1. The Morgan fingerprint density at radius 2 is 2.09 bits per heavy atom. The third-order valence-corrected chi connectivity index (χ3v) is 1.62. The Kier molecular flexibility index (Phi) is 1.96. The SMILES string of the molecule is Cc1cccnc1C(C)(C)N. The van der Waals surface area contributed by atoms with Crippen LogP contribution in [0.25, 0.3) is 0 Å². The fraction of sp³-hybridized carbons (Fsp3) is 0.444. The lowest BCUT2D eigenvalue weighted by Crippen LogP contribution is -2.30. The standard InChI is InChI=1S/C9H14N2/c1-7-5-4-6-11-8(7)9(2,3)10/h4-6H,10H2,1-3H3. The van der Waals surface area contributed by atoms with E-state index in [-0.39, 0.29) is 5.54 Å². The van der Waals surface area contributed by atoms with Crippen molar-refractivity contribution in [1.29, 1.82) is 0 Å². The van der Waals surface area contributed by atoms with Crippen molar-refractivity contribution in [2.75, 3.05) is 0 Å². The number of nitrogens with two attached hydrogens (primary N) is 1. The summed E-state index contributed by atoms with van der Waals surface area (Å²) < 4.78 is 0. The summed E-state index contributed by atoms with van der Waals surface area (Å²) in [5, 5.41) is 0. The van der Waals surface area contributed by atoms with Crippen molar-refractivity contribution in [3.8, 4) is 0 Å². The van der Waals surface area contributed by atoms with Crippen molar-refractivity contribution in [2.24, 2.45) is 5.73 Å². The summed E-state index contributed by atoms with van der Waals surface area (Å²) in [6, 6.07) is 3.95. The van der Waals surface area contributed by atoms with Gasteiger partial charge in [0, 0.05) is 6.20 Å². The average molecular weight is 150 g/mol. The second-order valence-electron chi connectivity index (χ2n) is 3.39. The van der Waals surface area contributed by atoms with Crippen molar-refractivity contribution >= 4 is 0 Å². The van der Waals surface area contributed by atoms with E-state index in [1.54, 1.807) is 6.20 Å². The zero-order valence-corrected chi connectivity index (χ0v) is 7.26. The van der Waals surface area contributed by atoms with Crippen molar-refractivity contribution in [2.45, 2.75) is 26.3 Å². The molecule has 0 fully saturated rings. The van der Waals surface area contributed by atoms with Crippen molar-refractivity contribution in [3.05, 3.63) is 29.6 Å². The molecule has 2 nitrogen and oxygen atoms in total. The van der Waals surface area contributed by atoms with Crippen LogP contribution in [-0.2, 0) is 5.54 Å². The second-order valence-corrected chi connectivity index (χ2v) is 3.39. The summed E-state index contributed by atoms with van der Waals surface area (Å²) in [7, 11) is 0. The first-order valence-electron chi connectivity index (χ1n) is 3.73. The third kappa shape index (κ3) is 1.77. The van der Waals surface area contributed by atoms with E-state index in [4.69, 9.17) is 5.73 Å². The van der Waals surface area contributed by atoms with Crippen LogP contribution in [0.1, 0.15) is 25.1 Å². The Morgan fingerprint density at radius 1 is 1.45 bits per heavy atom. The maximum absolute atomic E-state index is 5.90. The lowest BCUT2D eigenvalue weighted by molar-refractivity contribution is 0.531. The quantitative estimate of drug-likeness (QED) is 0.660. The topological polar surface area (TPSA) is 38.9 Å². The van der Waals surface area contributed by atoms with Gasteiger partial charge in [0.15, 0.2) is 0 Å². The lowest BCUT2D eigenvalue weighted by Gasteiger charge is -2.19. The molecule has 1 rings (SSSR count). The Bertz CT molecular complexity index is 248. The van der Waals surface area contributed by atoms with Gasteiger partial charge in [-0.05, 0) is 32.4 Å². The zero-order valence-electron chi connectivity index (χ0n) is 7.26. The van der Waals surface area contributed by atoms with Crippen LogP contribution >= 0.6 is 0 Å². The highest BCUT2D eigenvalue weighted by Crippen LogP contribution is 2.16. The summed E-state index contributed by atoms with van der Waals surface area (Å²) in [5.74, 6) is 0. The average Bonchev–Trinajstić information content (AvgIpc) is 1.86. The minimum absolute atomic E-state index is 0.328. The van der Waals surface area contributed by atoms with Gasteiger partial charge in [-0.1, -0.05) is 6.07 Å². The Balaban J connectivity index is 3.14. The summed E-state index contributed by atoms with van der Waals surface area (Å²) in [6.07, 6.45) is 1.77. The lowest BCUT2D eigenvalue weighted by atomic mass is 9.98. The summed E-state index contributed by atoms with van der Waals surface area (Å²) in [5.41, 5.74) is 7.69. The molecule has 11 heavy (non-hydrogen) atoms.